The average Bonchev–Trinajstić information content (AvgIpc) is 2.68. The summed E-state index contributed by atoms with van der Waals surface area (Å²) in [7, 11) is 0. The first-order valence-electron chi connectivity index (χ1n) is 8.70. The van der Waals surface area contributed by atoms with E-state index in [4.69, 9.17) is 11.6 Å². The minimum Gasteiger partial charge on any atom is -0.339 e. The second kappa shape index (κ2) is 6.92. The second-order valence-electron chi connectivity index (χ2n) is 6.48. The lowest BCUT2D eigenvalue weighted by atomic mass is 10.1. The summed E-state index contributed by atoms with van der Waals surface area (Å²) in [6.07, 6.45) is 4.74. The van der Waals surface area contributed by atoms with Gasteiger partial charge in [0.2, 0.25) is 0 Å². The molecule has 26 heavy (non-hydrogen) atoms. The van der Waals surface area contributed by atoms with E-state index in [1.54, 1.807) is 42.5 Å². The summed E-state index contributed by atoms with van der Waals surface area (Å²) in [5, 5.41) is 1.03. The maximum Gasteiger partial charge on any atom is 0.265 e. The fraction of sp³-hybridized carbons (Fsp3) is 0.250. The Labute approximate surface area is 155 Å². The zero-order chi connectivity index (χ0) is 18.1. The molecule has 0 atom stereocenters. The van der Waals surface area contributed by atoms with Crippen LogP contribution in [0.2, 0.25) is 5.02 Å². The number of carbonyl (C=O) groups excluding carboxylic acids is 1. The molecule has 0 spiro atoms. The molecule has 1 amide bonds. The molecule has 1 aromatic heterocycles. The van der Waals surface area contributed by atoms with Gasteiger partial charge in [-0.1, -0.05) is 17.7 Å². The molecule has 1 fully saturated rings. The molecule has 1 aliphatic heterocycles. The third kappa shape index (κ3) is 3.10. The average molecular weight is 368 g/mol. The smallest absolute Gasteiger partial charge is 0.265 e. The van der Waals surface area contributed by atoms with Gasteiger partial charge in [-0.25, -0.2) is 4.98 Å². The molecule has 2 aromatic carbocycles. The van der Waals surface area contributed by atoms with Crippen molar-refractivity contribution in [3.8, 4) is 5.69 Å². The van der Waals surface area contributed by atoms with E-state index in [0.29, 0.717) is 27.2 Å². The SMILES string of the molecule is O=C(c1ccc2c(=O)n(-c3cccc(Cl)c3)cnc2c1)N1CCCCC1. The molecule has 2 heterocycles. The van der Waals surface area contributed by atoms with Crippen LogP contribution in [-0.2, 0) is 0 Å². The van der Waals surface area contributed by atoms with Gasteiger partial charge in [-0.3, -0.25) is 14.2 Å². The van der Waals surface area contributed by atoms with Crippen LogP contribution in [0.1, 0.15) is 29.6 Å². The summed E-state index contributed by atoms with van der Waals surface area (Å²) >= 11 is 6.02. The lowest BCUT2D eigenvalue weighted by Gasteiger charge is -2.26. The van der Waals surface area contributed by atoms with Gasteiger partial charge in [0.25, 0.3) is 11.5 Å². The highest BCUT2D eigenvalue weighted by Crippen LogP contribution is 2.18. The highest BCUT2D eigenvalue weighted by Gasteiger charge is 2.19. The fourth-order valence-corrected chi connectivity index (χ4v) is 3.53. The molecule has 0 aliphatic carbocycles. The van der Waals surface area contributed by atoms with Crippen molar-refractivity contribution < 1.29 is 4.79 Å². The number of hydrogen-bond acceptors (Lipinski definition) is 3. The normalized spacial score (nSPS) is 14.6. The van der Waals surface area contributed by atoms with E-state index in [9.17, 15) is 9.59 Å². The largest absolute Gasteiger partial charge is 0.339 e. The Kier molecular flexibility index (Phi) is 4.47. The Hall–Kier alpha value is -2.66. The summed E-state index contributed by atoms with van der Waals surface area (Å²) in [6, 6.07) is 12.2. The van der Waals surface area contributed by atoms with Gasteiger partial charge in [-0.15, -0.1) is 0 Å². The molecular weight excluding hydrogens is 350 g/mol. The summed E-state index contributed by atoms with van der Waals surface area (Å²) < 4.78 is 1.46. The van der Waals surface area contributed by atoms with Crippen molar-refractivity contribution in [3.05, 3.63) is 69.7 Å². The Morgan fingerprint density at radius 3 is 2.62 bits per heavy atom. The van der Waals surface area contributed by atoms with E-state index in [2.05, 4.69) is 4.98 Å². The molecule has 5 nitrogen and oxygen atoms in total. The van der Waals surface area contributed by atoms with Crippen LogP contribution in [0.5, 0.6) is 0 Å². The first-order valence-corrected chi connectivity index (χ1v) is 9.08. The number of nitrogens with zero attached hydrogens (tertiary/aromatic N) is 3. The molecule has 1 aliphatic rings. The van der Waals surface area contributed by atoms with E-state index in [1.807, 2.05) is 4.90 Å². The van der Waals surface area contributed by atoms with Crippen molar-refractivity contribution in [2.24, 2.45) is 0 Å². The van der Waals surface area contributed by atoms with Gasteiger partial charge < -0.3 is 4.90 Å². The van der Waals surface area contributed by atoms with Gasteiger partial charge in [-0.2, -0.15) is 0 Å². The van der Waals surface area contributed by atoms with Gasteiger partial charge in [0.05, 0.1) is 16.6 Å². The number of benzene rings is 2. The van der Waals surface area contributed by atoms with Crippen molar-refractivity contribution in [2.45, 2.75) is 19.3 Å². The molecule has 3 aromatic rings. The summed E-state index contributed by atoms with van der Waals surface area (Å²) in [5.41, 5.74) is 1.57. The Morgan fingerprint density at radius 2 is 1.85 bits per heavy atom. The van der Waals surface area contributed by atoms with Crippen molar-refractivity contribution in [1.82, 2.24) is 14.5 Å². The van der Waals surface area contributed by atoms with E-state index >= 15 is 0 Å². The van der Waals surface area contributed by atoms with Crippen LogP contribution in [0.4, 0.5) is 0 Å². The number of hydrogen-bond donors (Lipinski definition) is 0. The fourth-order valence-electron chi connectivity index (χ4n) is 3.34. The van der Waals surface area contributed by atoms with Gasteiger partial charge in [-0.05, 0) is 55.7 Å². The van der Waals surface area contributed by atoms with Crippen LogP contribution in [0.15, 0.2) is 53.6 Å². The third-order valence-corrected chi connectivity index (χ3v) is 4.97. The van der Waals surface area contributed by atoms with Crippen LogP contribution in [0, 0.1) is 0 Å². The van der Waals surface area contributed by atoms with Gasteiger partial charge in [0.1, 0.15) is 6.33 Å². The highest BCUT2D eigenvalue weighted by molar-refractivity contribution is 6.30. The number of carbonyl (C=O) groups is 1. The summed E-state index contributed by atoms with van der Waals surface area (Å²) in [6.45, 7) is 1.58. The van der Waals surface area contributed by atoms with Crippen LogP contribution in [-0.4, -0.2) is 33.4 Å². The number of rotatable bonds is 2. The molecule has 132 valence electrons. The number of amides is 1. The standard InChI is InChI=1S/C20H18ClN3O2/c21-15-5-4-6-16(12-15)24-13-22-18-11-14(7-8-17(18)20(24)26)19(25)23-9-2-1-3-10-23/h4-8,11-13H,1-3,9-10H2. The molecule has 0 saturated carbocycles. The van der Waals surface area contributed by atoms with Crippen LogP contribution in [0.25, 0.3) is 16.6 Å². The summed E-state index contributed by atoms with van der Waals surface area (Å²) in [4.78, 5) is 31.7. The highest BCUT2D eigenvalue weighted by atomic mass is 35.5. The number of likely N-dealkylation sites (tertiary alicyclic amines) is 1. The van der Waals surface area contributed by atoms with Crippen molar-refractivity contribution in [3.63, 3.8) is 0 Å². The second-order valence-corrected chi connectivity index (χ2v) is 6.92. The van der Waals surface area contributed by atoms with Crippen molar-refractivity contribution >= 4 is 28.4 Å². The Balaban J connectivity index is 1.73. The van der Waals surface area contributed by atoms with E-state index in [-0.39, 0.29) is 11.5 Å². The topological polar surface area (TPSA) is 55.2 Å². The van der Waals surface area contributed by atoms with Crippen molar-refractivity contribution in [1.29, 1.82) is 0 Å². The number of halogens is 1. The Morgan fingerprint density at radius 1 is 1.04 bits per heavy atom. The minimum absolute atomic E-state index is 0.00687. The summed E-state index contributed by atoms with van der Waals surface area (Å²) in [5.74, 6) is 0.00687. The van der Waals surface area contributed by atoms with Crippen molar-refractivity contribution in [2.75, 3.05) is 13.1 Å². The molecule has 0 bridgehead atoms. The van der Waals surface area contributed by atoms with E-state index < -0.39 is 0 Å². The molecule has 6 heteroatoms. The predicted molar refractivity (Wildman–Crippen MR) is 102 cm³/mol. The van der Waals surface area contributed by atoms with Gasteiger partial charge >= 0.3 is 0 Å². The Bertz CT molecular complexity index is 1040. The number of piperidine rings is 1. The maximum absolute atomic E-state index is 12.8. The van der Waals surface area contributed by atoms with Crippen LogP contribution >= 0.6 is 11.6 Å². The number of aromatic nitrogens is 2. The third-order valence-electron chi connectivity index (χ3n) is 4.74. The monoisotopic (exact) mass is 367 g/mol. The zero-order valence-electron chi connectivity index (χ0n) is 14.2. The molecule has 0 N–H and O–H groups in total. The van der Waals surface area contributed by atoms with Crippen LogP contribution in [0.3, 0.4) is 0 Å². The maximum atomic E-state index is 12.8. The first kappa shape index (κ1) is 16.8. The molecule has 1 saturated heterocycles. The van der Waals surface area contributed by atoms with Gasteiger partial charge in [0.15, 0.2) is 0 Å². The van der Waals surface area contributed by atoms with E-state index in [1.165, 1.54) is 17.3 Å². The first-order chi connectivity index (χ1) is 12.6. The van der Waals surface area contributed by atoms with Gasteiger partial charge in [0, 0.05) is 23.7 Å². The lowest BCUT2D eigenvalue weighted by Crippen LogP contribution is -2.35. The lowest BCUT2D eigenvalue weighted by molar-refractivity contribution is 0.0724. The molecular formula is C20H18ClN3O2. The number of fused-ring (bicyclic) bond motifs is 1. The zero-order valence-corrected chi connectivity index (χ0v) is 14.9. The predicted octanol–water partition coefficient (Wildman–Crippen LogP) is 3.67. The molecule has 0 unspecified atom stereocenters. The molecule has 0 radical (unpaired) electrons. The van der Waals surface area contributed by atoms with E-state index in [0.717, 1.165) is 25.9 Å². The minimum atomic E-state index is -0.186. The van der Waals surface area contributed by atoms with Crippen LogP contribution < -0.4 is 5.56 Å². The quantitative estimate of drug-likeness (QED) is 0.694. The molecule has 4 rings (SSSR count).